The first-order valence-corrected chi connectivity index (χ1v) is 5.43. The molecule has 0 aliphatic heterocycles. The van der Waals surface area contributed by atoms with Gasteiger partial charge in [0.05, 0.1) is 12.2 Å². The van der Waals surface area contributed by atoms with Crippen LogP contribution in [0.4, 0.5) is 10.1 Å². The Balaban J connectivity index is 2.10. The highest BCUT2D eigenvalue weighted by Crippen LogP contribution is 2.20. The van der Waals surface area contributed by atoms with Gasteiger partial charge in [0.2, 0.25) is 0 Å². The van der Waals surface area contributed by atoms with Crippen molar-refractivity contribution in [1.82, 2.24) is 10.3 Å². The number of anilines is 1. The van der Waals surface area contributed by atoms with Gasteiger partial charge in [-0.2, -0.15) is 0 Å². The molecule has 84 valence electrons. The lowest BCUT2D eigenvalue weighted by atomic mass is 10.3. The predicted octanol–water partition coefficient (Wildman–Crippen LogP) is 2.89. The Kier molecular flexibility index (Phi) is 3.19. The van der Waals surface area contributed by atoms with Gasteiger partial charge in [0.25, 0.3) is 0 Å². The molecule has 1 N–H and O–H groups in total. The van der Waals surface area contributed by atoms with Gasteiger partial charge >= 0.3 is 0 Å². The molecule has 0 bridgehead atoms. The average Bonchev–Trinajstić information content (AvgIpc) is 2.66. The Morgan fingerprint density at radius 3 is 2.94 bits per heavy atom. The molecule has 0 saturated heterocycles. The van der Waals surface area contributed by atoms with Gasteiger partial charge in [-0.15, -0.1) is 0 Å². The van der Waals surface area contributed by atoms with Gasteiger partial charge < -0.3 is 5.32 Å². The molecule has 6 heteroatoms. The summed E-state index contributed by atoms with van der Waals surface area (Å²) in [5.41, 5.74) is 1.78. The Bertz CT molecular complexity index is 501. The van der Waals surface area contributed by atoms with E-state index in [2.05, 4.69) is 36.2 Å². The van der Waals surface area contributed by atoms with Gasteiger partial charge in [-0.3, -0.25) is 0 Å². The zero-order chi connectivity index (χ0) is 11.5. The first kappa shape index (κ1) is 11.1. The fraction of sp³-hybridized carbons (Fsp3) is 0.200. The highest BCUT2D eigenvalue weighted by molar-refractivity contribution is 9.10. The summed E-state index contributed by atoms with van der Waals surface area (Å²) in [4.78, 5) is 0. The van der Waals surface area contributed by atoms with Gasteiger partial charge in [-0.25, -0.2) is 9.02 Å². The molecule has 0 spiro atoms. The van der Waals surface area contributed by atoms with Crippen molar-refractivity contribution in [3.05, 3.63) is 39.9 Å². The second kappa shape index (κ2) is 4.61. The van der Waals surface area contributed by atoms with Gasteiger partial charge in [0, 0.05) is 4.47 Å². The van der Waals surface area contributed by atoms with Crippen molar-refractivity contribution in [2.24, 2.45) is 0 Å². The van der Waals surface area contributed by atoms with Gasteiger partial charge in [0.15, 0.2) is 0 Å². The summed E-state index contributed by atoms with van der Waals surface area (Å²) in [6, 6.07) is 4.70. The van der Waals surface area contributed by atoms with E-state index in [9.17, 15) is 4.39 Å². The van der Waals surface area contributed by atoms with E-state index in [-0.39, 0.29) is 5.82 Å². The summed E-state index contributed by atoms with van der Waals surface area (Å²) in [5.74, 6) is -0.308. The number of hydrogen-bond donors (Lipinski definition) is 1. The molecule has 1 aromatic heterocycles. The average molecular weight is 286 g/mol. The first-order valence-electron chi connectivity index (χ1n) is 4.64. The fourth-order valence-corrected chi connectivity index (χ4v) is 1.58. The Morgan fingerprint density at radius 1 is 1.44 bits per heavy atom. The molecule has 16 heavy (non-hydrogen) atoms. The summed E-state index contributed by atoms with van der Waals surface area (Å²) in [6.07, 6.45) is 0. The minimum atomic E-state index is -0.308. The van der Waals surface area contributed by atoms with E-state index < -0.39 is 0 Å². The monoisotopic (exact) mass is 285 g/mol. The van der Waals surface area contributed by atoms with E-state index in [0.29, 0.717) is 23.6 Å². The van der Waals surface area contributed by atoms with E-state index in [4.69, 9.17) is 0 Å². The van der Waals surface area contributed by atoms with Crippen molar-refractivity contribution in [1.29, 1.82) is 0 Å². The van der Waals surface area contributed by atoms with Crippen molar-refractivity contribution >= 4 is 21.6 Å². The fourth-order valence-electron chi connectivity index (χ4n) is 1.22. The lowest BCUT2D eigenvalue weighted by Gasteiger charge is -2.05. The van der Waals surface area contributed by atoms with Crippen LogP contribution in [0.2, 0.25) is 0 Å². The summed E-state index contributed by atoms with van der Waals surface area (Å²) in [5, 5.41) is 10.3. The van der Waals surface area contributed by atoms with E-state index in [1.165, 1.54) is 6.07 Å². The number of nitrogens with zero attached hydrogens (tertiary/aromatic N) is 2. The number of rotatable bonds is 3. The van der Waals surface area contributed by atoms with Crippen LogP contribution in [0.25, 0.3) is 0 Å². The van der Waals surface area contributed by atoms with Crippen LogP contribution in [0.3, 0.4) is 0 Å². The maximum atomic E-state index is 13.4. The summed E-state index contributed by atoms with van der Waals surface area (Å²) < 4.78 is 18.7. The van der Waals surface area contributed by atoms with Crippen molar-refractivity contribution in [2.45, 2.75) is 13.5 Å². The Morgan fingerprint density at radius 2 is 2.25 bits per heavy atom. The minimum Gasteiger partial charge on any atom is -0.377 e. The molecule has 0 unspecified atom stereocenters. The molecule has 1 aromatic carbocycles. The highest BCUT2D eigenvalue weighted by atomic mass is 79.9. The topological polar surface area (TPSA) is 51.0 Å². The van der Waals surface area contributed by atoms with E-state index in [1.807, 2.05) is 0 Å². The third kappa shape index (κ3) is 2.38. The number of halogens is 2. The zero-order valence-corrected chi connectivity index (χ0v) is 10.1. The van der Waals surface area contributed by atoms with Crippen molar-refractivity contribution in [3.63, 3.8) is 0 Å². The van der Waals surface area contributed by atoms with Crippen LogP contribution in [0.1, 0.15) is 11.4 Å². The summed E-state index contributed by atoms with van der Waals surface area (Å²) >= 11 is 3.28. The third-order valence-electron chi connectivity index (χ3n) is 2.12. The molecule has 0 amide bonds. The number of benzene rings is 1. The van der Waals surface area contributed by atoms with Crippen molar-refractivity contribution < 1.29 is 9.02 Å². The standard InChI is InChI=1S/C10H9BrFN3O/c1-6-10(15-16-14-6)5-13-9-4-7(11)2-3-8(9)12/h2-4,13H,5H2,1H3. The predicted molar refractivity (Wildman–Crippen MR) is 60.5 cm³/mol. The van der Waals surface area contributed by atoms with Crippen LogP contribution < -0.4 is 5.32 Å². The smallest absolute Gasteiger partial charge is 0.146 e. The number of aryl methyl sites for hydroxylation is 1. The molecule has 1 heterocycles. The maximum absolute atomic E-state index is 13.4. The SMILES string of the molecule is Cc1nonc1CNc1cc(Br)ccc1F. The molecule has 0 radical (unpaired) electrons. The van der Waals surface area contributed by atoms with Gasteiger partial charge in [0.1, 0.15) is 17.2 Å². The maximum Gasteiger partial charge on any atom is 0.146 e. The molecule has 2 rings (SSSR count). The lowest BCUT2D eigenvalue weighted by molar-refractivity contribution is 0.301. The second-order valence-corrected chi connectivity index (χ2v) is 4.19. The van der Waals surface area contributed by atoms with E-state index in [0.717, 1.165) is 4.47 Å². The number of hydrogen-bond acceptors (Lipinski definition) is 4. The van der Waals surface area contributed by atoms with Gasteiger partial charge in [-0.1, -0.05) is 26.2 Å². The quantitative estimate of drug-likeness (QED) is 0.942. The molecule has 2 aromatic rings. The second-order valence-electron chi connectivity index (χ2n) is 3.27. The molecule has 4 nitrogen and oxygen atoms in total. The van der Waals surface area contributed by atoms with E-state index >= 15 is 0 Å². The molecule has 0 aliphatic carbocycles. The zero-order valence-electron chi connectivity index (χ0n) is 8.50. The van der Waals surface area contributed by atoms with Crippen molar-refractivity contribution in [2.75, 3.05) is 5.32 Å². The van der Waals surface area contributed by atoms with Crippen LogP contribution in [0.5, 0.6) is 0 Å². The normalized spacial score (nSPS) is 10.4. The lowest BCUT2D eigenvalue weighted by Crippen LogP contribution is -2.03. The Hall–Kier alpha value is -1.43. The number of aromatic nitrogens is 2. The van der Waals surface area contributed by atoms with E-state index in [1.54, 1.807) is 19.1 Å². The highest BCUT2D eigenvalue weighted by Gasteiger charge is 2.07. The Labute approximate surface area is 99.9 Å². The minimum absolute atomic E-state index is 0.308. The summed E-state index contributed by atoms with van der Waals surface area (Å²) in [6.45, 7) is 2.16. The van der Waals surface area contributed by atoms with Crippen molar-refractivity contribution in [3.8, 4) is 0 Å². The van der Waals surface area contributed by atoms with Crippen LogP contribution >= 0.6 is 15.9 Å². The molecule has 0 aliphatic rings. The van der Waals surface area contributed by atoms with Gasteiger partial charge in [-0.05, 0) is 25.1 Å². The first-order chi connectivity index (χ1) is 7.66. The van der Waals surface area contributed by atoms with Crippen LogP contribution in [-0.4, -0.2) is 10.3 Å². The number of nitrogens with one attached hydrogen (secondary N) is 1. The molecule has 0 saturated carbocycles. The van der Waals surface area contributed by atoms with Crippen LogP contribution in [-0.2, 0) is 6.54 Å². The molecule has 0 atom stereocenters. The largest absolute Gasteiger partial charge is 0.377 e. The molecular weight excluding hydrogens is 277 g/mol. The summed E-state index contributed by atoms with van der Waals surface area (Å²) in [7, 11) is 0. The molecule has 0 fully saturated rings. The third-order valence-corrected chi connectivity index (χ3v) is 2.61. The van der Waals surface area contributed by atoms with Crippen LogP contribution in [0, 0.1) is 12.7 Å². The molecular formula is C10H9BrFN3O. The van der Waals surface area contributed by atoms with Crippen LogP contribution in [0.15, 0.2) is 27.3 Å².